The van der Waals surface area contributed by atoms with Crippen LogP contribution in [0.25, 0.3) is 0 Å². The first-order valence-electron chi connectivity index (χ1n) is 8.03. The summed E-state index contributed by atoms with van der Waals surface area (Å²) in [7, 11) is -2.40. The average molecular weight is 411 g/mol. The number of nitrogens with zero attached hydrogens (tertiary/aromatic N) is 2. The average Bonchev–Trinajstić information content (AvgIpc) is 2.93. The molecule has 0 atom stereocenters. The smallest absolute Gasteiger partial charge is 0.416 e. The van der Waals surface area contributed by atoms with E-state index in [1.165, 1.54) is 42.2 Å². The van der Waals surface area contributed by atoms with Crippen molar-refractivity contribution in [3.8, 4) is 11.6 Å². The lowest BCUT2D eigenvalue weighted by Crippen LogP contribution is -2.13. The molecule has 0 saturated carbocycles. The Hall–Kier alpha value is -3.01. The summed E-state index contributed by atoms with van der Waals surface area (Å²) in [6.07, 6.45) is -3.17. The zero-order chi connectivity index (χ0) is 20.5. The number of aryl methyl sites for hydroxylation is 2. The molecule has 0 aliphatic heterocycles. The van der Waals surface area contributed by atoms with Crippen molar-refractivity contribution in [1.29, 1.82) is 0 Å². The maximum absolute atomic E-state index is 12.9. The van der Waals surface area contributed by atoms with Gasteiger partial charge in [0.05, 0.1) is 16.7 Å². The fourth-order valence-electron chi connectivity index (χ4n) is 2.38. The number of anilines is 1. The SMILES string of the molecule is Cc1ccc(S(=O)(=O)Nc2cn(C)nc2Oc2cccc(C(F)(F)F)c2)cc1. The molecular weight excluding hydrogens is 395 g/mol. The molecule has 148 valence electrons. The molecule has 0 bridgehead atoms. The van der Waals surface area contributed by atoms with Gasteiger partial charge in [0.15, 0.2) is 0 Å². The molecule has 0 spiro atoms. The summed E-state index contributed by atoms with van der Waals surface area (Å²) in [4.78, 5) is 0.0342. The molecule has 1 heterocycles. The fraction of sp³-hybridized carbons (Fsp3) is 0.167. The summed E-state index contributed by atoms with van der Waals surface area (Å²) in [6.45, 7) is 1.83. The second kappa shape index (κ2) is 7.19. The summed E-state index contributed by atoms with van der Waals surface area (Å²) >= 11 is 0. The first kappa shape index (κ1) is 19.7. The molecule has 0 radical (unpaired) electrons. The van der Waals surface area contributed by atoms with Gasteiger partial charge in [-0.05, 0) is 37.3 Å². The summed E-state index contributed by atoms with van der Waals surface area (Å²) in [6, 6.07) is 10.4. The van der Waals surface area contributed by atoms with Gasteiger partial charge in [0.2, 0.25) is 0 Å². The maximum atomic E-state index is 12.9. The molecule has 6 nitrogen and oxygen atoms in total. The predicted octanol–water partition coefficient (Wildman–Crippen LogP) is 4.34. The van der Waals surface area contributed by atoms with Crippen LogP contribution in [0.1, 0.15) is 11.1 Å². The highest BCUT2D eigenvalue weighted by molar-refractivity contribution is 7.92. The summed E-state index contributed by atoms with van der Waals surface area (Å²) < 4.78 is 72.8. The summed E-state index contributed by atoms with van der Waals surface area (Å²) in [5, 5.41) is 3.98. The Balaban J connectivity index is 1.89. The molecule has 0 fully saturated rings. The molecule has 0 saturated heterocycles. The van der Waals surface area contributed by atoms with Crippen LogP contribution >= 0.6 is 0 Å². The van der Waals surface area contributed by atoms with Gasteiger partial charge in [-0.1, -0.05) is 23.8 Å². The standard InChI is InChI=1S/C18H16F3N3O3S/c1-12-6-8-15(9-7-12)28(25,26)23-16-11-24(2)22-17(16)27-14-5-3-4-13(10-14)18(19,20)21/h3-11,23H,1-2H3. The molecule has 0 amide bonds. The Morgan fingerprint density at radius 2 is 1.79 bits per heavy atom. The van der Waals surface area contributed by atoms with Crippen LogP contribution in [0.3, 0.4) is 0 Å². The van der Waals surface area contributed by atoms with Crippen molar-refractivity contribution < 1.29 is 26.3 Å². The van der Waals surface area contributed by atoms with Crippen molar-refractivity contribution in [3.63, 3.8) is 0 Å². The van der Waals surface area contributed by atoms with Crippen LogP contribution in [0.15, 0.2) is 59.6 Å². The Morgan fingerprint density at radius 3 is 2.43 bits per heavy atom. The number of rotatable bonds is 5. The number of hydrogen-bond donors (Lipinski definition) is 1. The zero-order valence-electron chi connectivity index (χ0n) is 14.9. The molecule has 1 N–H and O–H groups in total. The molecule has 10 heteroatoms. The number of alkyl halides is 3. The lowest BCUT2D eigenvalue weighted by Gasteiger charge is -2.11. The second-order valence-corrected chi connectivity index (χ2v) is 7.75. The minimum Gasteiger partial charge on any atom is -0.436 e. The van der Waals surface area contributed by atoms with Crippen molar-refractivity contribution in [2.45, 2.75) is 18.0 Å². The first-order valence-corrected chi connectivity index (χ1v) is 9.51. The van der Waals surface area contributed by atoms with Crippen molar-refractivity contribution in [2.24, 2.45) is 7.05 Å². The predicted molar refractivity (Wildman–Crippen MR) is 96.7 cm³/mol. The third-order valence-electron chi connectivity index (χ3n) is 3.75. The van der Waals surface area contributed by atoms with Crippen molar-refractivity contribution >= 4 is 15.7 Å². The largest absolute Gasteiger partial charge is 0.436 e. The van der Waals surface area contributed by atoms with Gasteiger partial charge in [-0.25, -0.2) is 8.42 Å². The van der Waals surface area contributed by atoms with Gasteiger partial charge in [-0.15, -0.1) is 5.10 Å². The van der Waals surface area contributed by atoms with Crippen molar-refractivity contribution in [1.82, 2.24) is 9.78 Å². The lowest BCUT2D eigenvalue weighted by molar-refractivity contribution is -0.137. The van der Waals surface area contributed by atoms with Crippen LogP contribution in [-0.2, 0) is 23.2 Å². The monoisotopic (exact) mass is 411 g/mol. The van der Waals surface area contributed by atoms with E-state index in [0.717, 1.165) is 17.7 Å². The molecule has 2 aromatic carbocycles. The third kappa shape index (κ3) is 4.45. The van der Waals surface area contributed by atoms with Crippen molar-refractivity contribution in [3.05, 3.63) is 65.9 Å². The van der Waals surface area contributed by atoms with Crippen LogP contribution in [0.5, 0.6) is 11.6 Å². The van der Waals surface area contributed by atoms with Crippen LogP contribution in [0, 0.1) is 6.92 Å². The number of aromatic nitrogens is 2. The Labute approximate surface area is 159 Å². The van der Waals surface area contributed by atoms with E-state index in [0.29, 0.717) is 0 Å². The number of hydrogen-bond acceptors (Lipinski definition) is 4. The number of nitrogens with one attached hydrogen (secondary N) is 1. The Bertz CT molecular complexity index is 1090. The highest BCUT2D eigenvalue weighted by Gasteiger charge is 2.31. The number of sulfonamides is 1. The quantitative estimate of drug-likeness (QED) is 0.678. The molecule has 28 heavy (non-hydrogen) atoms. The van der Waals surface area contributed by atoms with E-state index < -0.39 is 21.8 Å². The molecule has 3 rings (SSSR count). The van der Waals surface area contributed by atoms with E-state index in [1.54, 1.807) is 12.1 Å². The number of ether oxygens (including phenoxy) is 1. The Morgan fingerprint density at radius 1 is 1.11 bits per heavy atom. The summed E-state index contributed by atoms with van der Waals surface area (Å²) in [5.74, 6) is -0.290. The molecule has 0 aliphatic carbocycles. The maximum Gasteiger partial charge on any atom is 0.416 e. The molecule has 1 aromatic heterocycles. The highest BCUT2D eigenvalue weighted by atomic mass is 32.2. The van der Waals surface area contributed by atoms with Gasteiger partial charge in [-0.2, -0.15) is 13.2 Å². The van der Waals surface area contributed by atoms with Crippen LogP contribution in [-0.4, -0.2) is 18.2 Å². The fourth-order valence-corrected chi connectivity index (χ4v) is 3.42. The van der Waals surface area contributed by atoms with Gasteiger partial charge in [-0.3, -0.25) is 9.40 Å². The topological polar surface area (TPSA) is 73.2 Å². The van der Waals surface area contributed by atoms with Crippen molar-refractivity contribution in [2.75, 3.05) is 4.72 Å². The molecule has 0 unspecified atom stereocenters. The Kier molecular flexibility index (Phi) is 5.07. The van der Waals surface area contributed by atoms with Gasteiger partial charge in [0.1, 0.15) is 11.4 Å². The van der Waals surface area contributed by atoms with E-state index in [9.17, 15) is 21.6 Å². The highest BCUT2D eigenvalue weighted by Crippen LogP contribution is 2.34. The first-order chi connectivity index (χ1) is 13.0. The third-order valence-corrected chi connectivity index (χ3v) is 5.13. The zero-order valence-corrected chi connectivity index (χ0v) is 15.7. The van der Waals surface area contributed by atoms with E-state index in [1.807, 2.05) is 6.92 Å². The van der Waals surface area contributed by atoms with Gasteiger partial charge >= 0.3 is 6.18 Å². The minimum absolute atomic E-state index is 0.000451. The van der Waals surface area contributed by atoms with Crippen LogP contribution < -0.4 is 9.46 Å². The van der Waals surface area contributed by atoms with Crippen LogP contribution in [0.4, 0.5) is 18.9 Å². The molecule has 3 aromatic rings. The molecular formula is C18H16F3N3O3S. The number of halogens is 3. The van der Waals surface area contributed by atoms with E-state index in [2.05, 4.69) is 9.82 Å². The van der Waals surface area contributed by atoms with E-state index >= 15 is 0 Å². The minimum atomic E-state index is -4.53. The molecule has 0 aliphatic rings. The van der Waals surface area contributed by atoms with Gasteiger partial charge in [0.25, 0.3) is 15.9 Å². The van der Waals surface area contributed by atoms with Gasteiger partial charge < -0.3 is 4.74 Å². The number of benzene rings is 2. The van der Waals surface area contributed by atoms with Gasteiger partial charge in [0, 0.05) is 7.05 Å². The van der Waals surface area contributed by atoms with Crippen LogP contribution in [0.2, 0.25) is 0 Å². The second-order valence-electron chi connectivity index (χ2n) is 6.07. The lowest BCUT2D eigenvalue weighted by atomic mass is 10.2. The normalized spacial score (nSPS) is 12.0. The van der Waals surface area contributed by atoms with E-state index in [-0.39, 0.29) is 22.2 Å². The van der Waals surface area contributed by atoms with E-state index in [4.69, 9.17) is 4.74 Å². The summed E-state index contributed by atoms with van der Waals surface area (Å²) in [5.41, 5.74) is 0.0112.